The molecule has 0 spiro atoms. The topological polar surface area (TPSA) is 3.88 Å². The quantitative estimate of drug-likeness (QED) is 0.224. The van der Waals surface area contributed by atoms with Gasteiger partial charge in [0, 0.05) is 13.5 Å². The van der Waals surface area contributed by atoms with Crippen LogP contribution in [-0.4, -0.2) is 0 Å². The molecule has 3 aliphatic carbocycles. The van der Waals surface area contributed by atoms with Crippen LogP contribution in [0.3, 0.4) is 0 Å². The Morgan fingerprint density at radius 3 is 2.06 bits per heavy atom. The number of rotatable bonds is 2. The van der Waals surface area contributed by atoms with Gasteiger partial charge in [-0.1, -0.05) is 62.4 Å². The second-order valence-corrected chi connectivity index (χ2v) is 12.1. The van der Waals surface area contributed by atoms with Crippen molar-refractivity contribution >= 4 is 0 Å². The third-order valence-electron chi connectivity index (χ3n) is 9.31. The van der Waals surface area contributed by atoms with Crippen molar-refractivity contribution in [3.8, 4) is 33.5 Å². The Morgan fingerprint density at radius 1 is 0.806 bits per heavy atom. The van der Waals surface area contributed by atoms with Gasteiger partial charge in [-0.2, -0.15) is 0 Å². The summed E-state index contributed by atoms with van der Waals surface area (Å²) < 4.78 is 11.8. The van der Waals surface area contributed by atoms with Crippen molar-refractivity contribution in [2.24, 2.45) is 12.5 Å². The molecule has 1 heteroatoms. The van der Waals surface area contributed by atoms with Crippen LogP contribution in [0, 0.1) is 12.3 Å². The second-order valence-electron chi connectivity index (χ2n) is 12.1. The lowest BCUT2D eigenvalue weighted by atomic mass is 9.71. The average Bonchev–Trinajstić information content (AvgIpc) is 3.46. The van der Waals surface area contributed by atoms with Gasteiger partial charge in [0.1, 0.15) is 7.05 Å². The third-order valence-corrected chi connectivity index (χ3v) is 9.31. The van der Waals surface area contributed by atoms with Crippen LogP contribution in [0.4, 0.5) is 0 Å². The summed E-state index contributed by atoms with van der Waals surface area (Å²) >= 11 is 0. The molecule has 0 amide bonds. The van der Waals surface area contributed by atoms with E-state index in [0.29, 0.717) is 5.41 Å². The van der Waals surface area contributed by atoms with E-state index in [1.165, 1.54) is 66.9 Å². The summed E-state index contributed by atoms with van der Waals surface area (Å²) in [4.78, 5) is 0. The summed E-state index contributed by atoms with van der Waals surface area (Å²) in [6.07, 6.45) is 8.30. The highest BCUT2D eigenvalue weighted by Gasteiger charge is 2.35. The van der Waals surface area contributed by atoms with Crippen LogP contribution in [0.5, 0.6) is 0 Å². The molecule has 0 aliphatic heterocycles. The van der Waals surface area contributed by atoms with E-state index in [9.17, 15) is 1.37 Å². The summed E-state index contributed by atoms with van der Waals surface area (Å²) in [5, 5.41) is 0. The van der Waals surface area contributed by atoms with E-state index < -0.39 is 5.89 Å². The Kier molecular flexibility index (Phi) is 4.60. The molecule has 0 atom stereocenters. The Labute approximate surface area is 217 Å². The van der Waals surface area contributed by atoms with Crippen molar-refractivity contribution in [1.29, 1.82) is 0 Å². The predicted molar refractivity (Wildman–Crippen MR) is 149 cm³/mol. The van der Waals surface area contributed by atoms with Gasteiger partial charge in [-0.25, -0.2) is 4.57 Å². The maximum atomic E-state index is 9.48. The van der Waals surface area contributed by atoms with Crippen LogP contribution in [0.1, 0.15) is 80.2 Å². The minimum atomic E-state index is -0.495. The Hall–Kier alpha value is -3.19. The van der Waals surface area contributed by atoms with Crippen LogP contribution < -0.4 is 4.57 Å². The fourth-order valence-electron chi connectivity index (χ4n) is 7.10. The lowest BCUT2D eigenvalue weighted by molar-refractivity contribution is -0.660. The van der Waals surface area contributed by atoms with E-state index in [0.717, 1.165) is 38.5 Å². The first kappa shape index (κ1) is 20.9. The van der Waals surface area contributed by atoms with Crippen LogP contribution >= 0.6 is 0 Å². The SMILES string of the molecule is [2H]C1(c2cc[n+](C)c(-c3c(C)c4c(c5c3Cc3ccccc3-5)-c3ccccc3C4)c2)CCC(C)(C)CC1. The zero-order chi connectivity index (χ0) is 25.5. The lowest BCUT2D eigenvalue weighted by Crippen LogP contribution is -2.32. The van der Waals surface area contributed by atoms with Gasteiger partial charge in [0.25, 0.3) is 0 Å². The zero-order valence-corrected chi connectivity index (χ0v) is 22.0. The van der Waals surface area contributed by atoms with Gasteiger partial charge in [0.2, 0.25) is 5.69 Å². The highest BCUT2D eigenvalue weighted by atomic mass is 14.9. The molecule has 3 aromatic carbocycles. The predicted octanol–water partition coefficient (Wildman–Crippen LogP) is 8.31. The highest BCUT2D eigenvalue weighted by Crippen LogP contribution is 2.53. The smallest absolute Gasteiger partial charge is 0.201 e. The molecular formula is C35H36N+. The largest absolute Gasteiger partial charge is 0.213 e. The maximum absolute atomic E-state index is 9.48. The van der Waals surface area contributed by atoms with Crippen molar-refractivity contribution in [2.75, 3.05) is 0 Å². The third kappa shape index (κ3) is 3.25. The summed E-state index contributed by atoms with van der Waals surface area (Å²) in [6.45, 7) is 7.06. The first-order valence-electron chi connectivity index (χ1n) is 14.1. The molecule has 36 heavy (non-hydrogen) atoms. The number of hydrogen-bond donors (Lipinski definition) is 0. The molecule has 4 aromatic rings. The molecule has 0 N–H and O–H groups in total. The normalized spacial score (nSPS) is 18.7. The van der Waals surface area contributed by atoms with E-state index in [2.05, 4.69) is 99.2 Å². The molecule has 1 saturated carbocycles. The van der Waals surface area contributed by atoms with Gasteiger partial charge in [0.15, 0.2) is 6.20 Å². The number of benzene rings is 3. The maximum Gasteiger partial charge on any atom is 0.213 e. The van der Waals surface area contributed by atoms with Crippen molar-refractivity contribution in [3.63, 3.8) is 0 Å². The Balaban J connectivity index is 1.46. The summed E-state index contributed by atoms with van der Waals surface area (Å²) in [7, 11) is 2.18. The number of aromatic nitrogens is 1. The van der Waals surface area contributed by atoms with Crippen molar-refractivity contribution in [3.05, 3.63) is 100 Å². The Bertz CT molecular complexity index is 1580. The first-order chi connectivity index (χ1) is 17.8. The van der Waals surface area contributed by atoms with Gasteiger partial charge in [-0.3, -0.25) is 0 Å². The van der Waals surface area contributed by atoms with E-state index in [-0.39, 0.29) is 0 Å². The number of fused-ring (bicyclic) bond motifs is 7. The van der Waals surface area contributed by atoms with Crippen LogP contribution in [-0.2, 0) is 19.9 Å². The summed E-state index contributed by atoms with van der Waals surface area (Å²) in [5.41, 5.74) is 17.1. The Morgan fingerprint density at radius 2 is 1.39 bits per heavy atom. The number of aryl methyl sites for hydroxylation is 1. The van der Waals surface area contributed by atoms with Gasteiger partial charge in [0.05, 0.1) is 5.56 Å². The molecule has 0 radical (unpaired) electrons. The average molecular weight is 472 g/mol. The van der Waals surface area contributed by atoms with E-state index in [1.807, 2.05) is 0 Å². The zero-order valence-electron chi connectivity index (χ0n) is 23.0. The standard InChI is InChI=1S/C35H36N/c1-22-29-19-25-9-5-7-11-27(25)33(29)34-28-12-8-6-10-26(28)20-30(34)32(22)31-21-24(15-18-36(31)4)23-13-16-35(2,3)17-14-23/h5-12,15,18,21,23H,13-14,16-17,19-20H2,1-4H3/q+1/i23D. The number of nitrogens with zero attached hydrogens (tertiary/aromatic N) is 1. The summed E-state index contributed by atoms with van der Waals surface area (Å²) in [5.74, 6) is -0.495. The molecule has 0 unspecified atom stereocenters. The van der Waals surface area contributed by atoms with Crippen LogP contribution in [0.15, 0.2) is 66.9 Å². The molecule has 0 saturated heterocycles. The van der Waals surface area contributed by atoms with Gasteiger partial charge in [-0.15, -0.1) is 0 Å². The second kappa shape index (κ2) is 7.90. The number of hydrogen-bond acceptors (Lipinski definition) is 0. The highest BCUT2D eigenvalue weighted by molar-refractivity contribution is 6.00. The fraction of sp³-hybridized carbons (Fsp3) is 0.343. The lowest BCUT2D eigenvalue weighted by Gasteiger charge is -2.34. The fourth-order valence-corrected chi connectivity index (χ4v) is 7.10. The molecule has 1 fully saturated rings. The molecule has 180 valence electrons. The van der Waals surface area contributed by atoms with Crippen LogP contribution in [0.2, 0.25) is 0 Å². The van der Waals surface area contributed by atoms with Crippen LogP contribution in [0.25, 0.3) is 33.5 Å². The van der Waals surface area contributed by atoms with Gasteiger partial charge >= 0.3 is 0 Å². The molecular weight excluding hydrogens is 434 g/mol. The molecule has 3 aliphatic rings. The van der Waals surface area contributed by atoms with Crippen molar-refractivity contribution < 1.29 is 5.94 Å². The van der Waals surface area contributed by atoms with Crippen molar-refractivity contribution in [1.82, 2.24) is 0 Å². The van der Waals surface area contributed by atoms with Crippen molar-refractivity contribution in [2.45, 2.75) is 65.2 Å². The molecule has 7 rings (SSSR count). The monoisotopic (exact) mass is 471 g/mol. The minimum absolute atomic E-state index is 0.352. The molecule has 0 bridgehead atoms. The van der Waals surface area contributed by atoms with Gasteiger partial charge in [-0.05, 0) is 112 Å². The summed E-state index contributed by atoms with van der Waals surface area (Å²) in [6, 6.07) is 22.6. The van der Waals surface area contributed by atoms with E-state index >= 15 is 0 Å². The molecule has 1 aromatic heterocycles. The number of pyridine rings is 1. The molecule has 1 nitrogen and oxygen atoms in total. The van der Waals surface area contributed by atoms with E-state index in [4.69, 9.17) is 0 Å². The van der Waals surface area contributed by atoms with E-state index in [1.54, 1.807) is 0 Å². The first-order valence-corrected chi connectivity index (χ1v) is 13.6. The minimum Gasteiger partial charge on any atom is -0.201 e. The molecule has 1 heterocycles. The van der Waals surface area contributed by atoms with Gasteiger partial charge < -0.3 is 0 Å².